The number of nitrogen functional groups attached to an aromatic ring is 1. The maximum atomic E-state index is 11.9. The van der Waals surface area contributed by atoms with E-state index < -0.39 is 0 Å². The standard InChI is InChI=1S/C13H18N4O2/c1-2-17-9-11(14)8-12(17)13(18)19-7-3-5-16-6-4-15-10-16/h4,6,8-10H,2-3,5,7,14H2,1H3. The zero-order valence-electron chi connectivity index (χ0n) is 11.0. The number of aromatic nitrogens is 3. The van der Waals surface area contributed by atoms with Crippen LogP contribution in [0.2, 0.25) is 0 Å². The van der Waals surface area contributed by atoms with Gasteiger partial charge < -0.3 is 19.6 Å². The first-order valence-electron chi connectivity index (χ1n) is 6.29. The van der Waals surface area contributed by atoms with E-state index in [9.17, 15) is 4.79 Å². The highest BCUT2D eigenvalue weighted by Crippen LogP contribution is 2.11. The number of aryl methyl sites for hydroxylation is 2. The third-order valence-electron chi connectivity index (χ3n) is 2.82. The van der Waals surface area contributed by atoms with Crippen LogP contribution >= 0.6 is 0 Å². The van der Waals surface area contributed by atoms with Crippen molar-refractivity contribution in [1.82, 2.24) is 14.1 Å². The molecular weight excluding hydrogens is 244 g/mol. The second-order valence-electron chi connectivity index (χ2n) is 4.23. The summed E-state index contributed by atoms with van der Waals surface area (Å²) in [5.41, 5.74) is 6.75. The smallest absolute Gasteiger partial charge is 0.355 e. The number of carbonyl (C=O) groups is 1. The Bertz CT molecular complexity index is 531. The van der Waals surface area contributed by atoms with Crippen LogP contribution in [0.25, 0.3) is 0 Å². The van der Waals surface area contributed by atoms with Gasteiger partial charge in [0.25, 0.3) is 0 Å². The van der Waals surface area contributed by atoms with Gasteiger partial charge in [-0.1, -0.05) is 0 Å². The number of imidazole rings is 1. The number of carbonyl (C=O) groups excluding carboxylic acids is 1. The summed E-state index contributed by atoms with van der Waals surface area (Å²) in [6.07, 6.45) is 7.84. The van der Waals surface area contributed by atoms with Crippen molar-refractivity contribution in [1.29, 1.82) is 0 Å². The number of hydrogen-bond donors (Lipinski definition) is 1. The molecule has 6 nitrogen and oxygen atoms in total. The minimum Gasteiger partial charge on any atom is -0.461 e. The van der Waals surface area contributed by atoms with Crippen molar-refractivity contribution < 1.29 is 9.53 Å². The van der Waals surface area contributed by atoms with Crippen LogP contribution in [0.4, 0.5) is 5.69 Å². The highest BCUT2D eigenvalue weighted by Gasteiger charge is 2.13. The maximum Gasteiger partial charge on any atom is 0.355 e. The lowest BCUT2D eigenvalue weighted by molar-refractivity contribution is 0.0483. The number of nitrogens with two attached hydrogens (primary N) is 1. The number of esters is 1. The molecule has 0 saturated carbocycles. The molecule has 0 aliphatic heterocycles. The fourth-order valence-electron chi connectivity index (χ4n) is 1.87. The maximum absolute atomic E-state index is 11.9. The molecular formula is C13H18N4O2. The van der Waals surface area contributed by atoms with Crippen LogP contribution in [0.15, 0.2) is 31.0 Å². The Morgan fingerprint density at radius 1 is 1.53 bits per heavy atom. The van der Waals surface area contributed by atoms with Crippen molar-refractivity contribution in [2.75, 3.05) is 12.3 Å². The first-order valence-corrected chi connectivity index (χ1v) is 6.29. The van der Waals surface area contributed by atoms with Crippen LogP contribution in [-0.2, 0) is 17.8 Å². The SMILES string of the molecule is CCn1cc(N)cc1C(=O)OCCCn1ccnc1. The van der Waals surface area contributed by atoms with Crippen LogP contribution in [0, 0.1) is 0 Å². The van der Waals surface area contributed by atoms with Crippen LogP contribution in [-0.4, -0.2) is 26.7 Å². The molecule has 0 bridgehead atoms. The first kappa shape index (κ1) is 13.2. The van der Waals surface area contributed by atoms with Crippen molar-refractivity contribution in [3.8, 4) is 0 Å². The summed E-state index contributed by atoms with van der Waals surface area (Å²) in [7, 11) is 0. The molecule has 0 atom stereocenters. The Labute approximate surface area is 111 Å². The highest BCUT2D eigenvalue weighted by atomic mass is 16.5. The first-order chi connectivity index (χ1) is 9.20. The van der Waals surface area contributed by atoms with Gasteiger partial charge in [-0.05, 0) is 19.4 Å². The fourth-order valence-corrected chi connectivity index (χ4v) is 1.87. The topological polar surface area (TPSA) is 75.1 Å². The number of rotatable bonds is 6. The van der Waals surface area contributed by atoms with E-state index in [0.717, 1.165) is 13.0 Å². The number of nitrogens with zero attached hydrogens (tertiary/aromatic N) is 3. The molecule has 0 unspecified atom stereocenters. The number of anilines is 1. The van der Waals surface area contributed by atoms with E-state index in [0.29, 0.717) is 24.5 Å². The average molecular weight is 262 g/mol. The zero-order chi connectivity index (χ0) is 13.7. The van der Waals surface area contributed by atoms with Gasteiger partial charge in [-0.15, -0.1) is 0 Å². The minimum absolute atomic E-state index is 0.329. The predicted molar refractivity (Wildman–Crippen MR) is 71.6 cm³/mol. The Balaban J connectivity index is 1.80. The highest BCUT2D eigenvalue weighted by molar-refractivity contribution is 5.89. The molecule has 19 heavy (non-hydrogen) atoms. The third kappa shape index (κ3) is 3.37. The largest absolute Gasteiger partial charge is 0.461 e. The summed E-state index contributed by atoms with van der Waals surface area (Å²) >= 11 is 0. The quantitative estimate of drug-likeness (QED) is 0.633. The average Bonchev–Trinajstić information content (AvgIpc) is 3.03. The van der Waals surface area contributed by atoms with Crippen LogP contribution in [0.5, 0.6) is 0 Å². The number of hydrogen-bond acceptors (Lipinski definition) is 4. The van der Waals surface area contributed by atoms with Gasteiger partial charge in [0.1, 0.15) is 5.69 Å². The van der Waals surface area contributed by atoms with Crippen LogP contribution < -0.4 is 5.73 Å². The summed E-state index contributed by atoms with van der Waals surface area (Å²) in [6, 6.07) is 1.64. The Hall–Kier alpha value is -2.24. The molecule has 0 aromatic carbocycles. The molecule has 2 heterocycles. The Kier molecular flexibility index (Phi) is 4.22. The zero-order valence-corrected chi connectivity index (χ0v) is 11.0. The van der Waals surface area contributed by atoms with E-state index in [1.54, 1.807) is 29.4 Å². The van der Waals surface area contributed by atoms with Gasteiger partial charge in [0.05, 0.1) is 18.6 Å². The monoisotopic (exact) mass is 262 g/mol. The van der Waals surface area contributed by atoms with E-state index in [4.69, 9.17) is 10.5 Å². The molecule has 0 radical (unpaired) electrons. The van der Waals surface area contributed by atoms with Crippen molar-refractivity contribution in [3.63, 3.8) is 0 Å². The summed E-state index contributed by atoms with van der Waals surface area (Å²) in [6.45, 7) is 3.81. The lowest BCUT2D eigenvalue weighted by atomic mass is 10.4. The van der Waals surface area contributed by atoms with E-state index in [2.05, 4.69) is 4.98 Å². The molecule has 6 heteroatoms. The van der Waals surface area contributed by atoms with Gasteiger partial charge in [0.15, 0.2) is 0 Å². The molecule has 0 spiro atoms. The predicted octanol–water partition coefficient (Wildman–Crippen LogP) is 1.53. The summed E-state index contributed by atoms with van der Waals surface area (Å²) < 4.78 is 8.96. The molecule has 0 fully saturated rings. The second-order valence-corrected chi connectivity index (χ2v) is 4.23. The molecule has 2 N–H and O–H groups in total. The van der Waals surface area contributed by atoms with Gasteiger partial charge >= 0.3 is 5.97 Å². The molecule has 2 aromatic heterocycles. The molecule has 2 rings (SSSR count). The summed E-state index contributed by atoms with van der Waals surface area (Å²) in [5, 5.41) is 0. The van der Waals surface area contributed by atoms with Gasteiger partial charge in [0, 0.05) is 31.7 Å². The van der Waals surface area contributed by atoms with Gasteiger partial charge in [-0.2, -0.15) is 0 Å². The third-order valence-corrected chi connectivity index (χ3v) is 2.82. The lowest BCUT2D eigenvalue weighted by Gasteiger charge is -2.07. The van der Waals surface area contributed by atoms with Crippen LogP contribution in [0.1, 0.15) is 23.8 Å². The van der Waals surface area contributed by atoms with Gasteiger partial charge in [0.2, 0.25) is 0 Å². The molecule has 0 aliphatic carbocycles. The molecule has 2 aromatic rings. The van der Waals surface area contributed by atoms with E-state index in [1.165, 1.54) is 0 Å². The Morgan fingerprint density at radius 2 is 2.37 bits per heavy atom. The van der Waals surface area contributed by atoms with Crippen molar-refractivity contribution >= 4 is 11.7 Å². The van der Waals surface area contributed by atoms with E-state index >= 15 is 0 Å². The number of ether oxygens (including phenoxy) is 1. The van der Waals surface area contributed by atoms with E-state index in [-0.39, 0.29) is 5.97 Å². The van der Waals surface area contributed by atoms with Gasteiger partial charge in [-0.3, -0.25) is 0 Å². The summed E-state index contributed by atoms with van der Waals surface area (Å²) in [5.74, 6) is -0.329. The lowest BCUT2D eigenvalue weighted by Crippen LogP contribution is -2.12. The van der Waals surface area contributed by atoms with E-state index in [1.807, 2.05) is 17.7 Å². The minimum atomic E-state index is -0.329. The Morgan fingerprint density at radius 3 is 3.05 bits per heavy atom. The summed E-state index contributed by atoms with van der Waals surface area (Å²) in [4.78, 5) is 15.8. The fraction of sp³-hybridized carbons (Fsp3) is 0.385. The van der Waals surface area contributed by atoms with Crippen molar-refractivity contribution in [2.45, 2.75) is 26.4 Å². The second kappa shape index (κ2) is 6.08. The van der Waals surface area contributed by atoms with Gasteiger partial charge in [-0.25, -0.2) is 9.78 Å². The van der Waals surface area contributed by atoms with Crippen LogP contribution in [0.3, 0.4) is 0 Å². The normalized spacial score (nSPS) is 10.6. The molecule has 0 aliphatic rings. The van der Waals surface area contributed by atoms with Crippen molar-refractivity contribution in [3.05, 3.63) is 36.7 Å². The molecule has 0 saturated heterocycles. The molecule has 102 valence electrons. The molecule has 0 amide bonds. The van der Waals surface area contributed by atoms with Crippen molar-refractivity contribution in [2.24, 2.45) is 0 Å².